The van der Waals surface area contributed by atoms with Crippen LogP contribution in [0.15, 0.2) is 46.1 Å². The minimum atomic E-state index is -0.460. The van der Waals surface area contributed by atoms with Gasteiger partial charge in [0.25, 0.3) is 11.1 Å². The van der Waals surface area contributed by atoms with Crippen LogP contribution >= 0.6 is 11.8 Å². The molecule has 7 nitrogen and oxygen atoms in total. The fourth-order valence-corrected chi connectivity index (χ4v) is 3.14. The minimum absolute atomic E-state index is 0.00595. The zero-order valence-electron chi connectivity index (χ0n) is 14.8. The van der Waals surface area contributed by atoms with Gasteiger partial charge in [-0.25, -0.2) is 0 Å². The molecule has 0 radical (unpaired) electrons. The smallest absolute Gasteiger partial charge is 0.277 e. The monoisotopic (exact) mass is 375 g/mol. The van der Waals surface area contributed by atoms with E-state index in [0.29, 0.717) is 42.3 Å². The molecule has 0 aliphatic carbocycles. The molecule has 0 N–H and O–H groups in total. The summed E-state index contributed by atoms with van der Waals surface area (Å²) >= 11 is 1.21. The number of benzene rings is 1. The summed E-state index contributed by atoms with van der Waals surface area (Å²) in [4.78, 5) is 14.0. The van der Waals surface area contributed by atoms with Gasteiger partial charge in [-0.3, -0.25) is 4.79 Å². The molecule has 0 bridgehead atoms. The average molecular weight is 375 g/mol. The number of fused-ring (bicyclic) bond motifs is 1. The summed E-state index contributed by atoms with van der Waals surface area (Å²) in [7, 11) is 0. The van der Waals surface area contributed by atoms with Crippen LogP contribution in [0, 0.1) is 0 Å². The highest BCUT2D eigenvalue weighted by Crippen LogP contribution is 2.35. The largest absolute Gasteiger partial charge is 0.485 e. The fourth-order valence-electron chi connectivity index (χ4n) is 2.47. The maximum absolute atomic E-state index is 12.3. The molecule has 2 heterocycles. The van der Waals surface area contributed by atoms with Crippen LogP contribution in [0.25, 0.3) is 0 Å². The normalized spacial score (nSPS) is 15.5. The van der Waals surface area contributed by atoms with Crippen molar-refractivity contribution < 1.29 is 18.7 Å². The number of hydrogen-bond donors (Lipinski definition) is 0. The number of nitrogens with zero attached hydrogens (tertiary/aromatic N) is 3. The zero-order chi connectivity index (χ0) is 18.5. The number of rotatable bonds is 7. The molecule has 1 aliphatic rings. The van der Waals surface area contributed by atoms with Crippen LogP contribution in [-0.2, 0) is 4.79 Å². The lowest BCUT2D eigenvalue weighted by Crippen LogP contribution is -2.33. The van der Waals surface area contributed by atoms with Gasteiger partial charge in [0.15, 0.2) is 11.5 Å². The van der Waals surface area contributed by atoms with Crippen LogP contribution in [0.5, 0.6) is 11.5 Å². The van der Waals surface area contributed by atoms with Crippen LogP contribution < -0.4 is 9.47 Å². The van der Waals surface area contributed by atoms with Crippen molar-refractivity contribution in [3.8, 4) is 11.5 Å². The molecule has 0 saturated heterocycles. The maximum atomic E-state index is 12.3. The standard InChI is InChI=1S/C18H21N3O4S/c1-4-21(9-12(2)3)16(22)11-26-18-20-19-17(25-18)15-10-23-13-7-5-6-8-14(13)24-15/h5-8,15H,2,4,9-11H2,1,3H3/t15-/m1/s1. The predicted molar refractivity (Wildman–Crippen MR) is 97.4 cm³/mol. The van der Waals surface area contributed by atoms with Crippen molar-refractivity contribution in [1.29, 1.82) is 0 Å². The number of thioether (sulfide) groups is 1. The molecule has 0 fully saturated rings. The summed E-state index contributed by atoms with van der Waals surface area (Å²) in [6.45, 7) is 9.17. The first-order chi connectivity index (χ1) is 12.6. The number of likely N-dealkylation sites (N-methyl/N-ethyl adjacent to an activating group) is 1. The van der Waals surface area contributed by atoms with Gasteiger partial charge in [-0.1, -0.05) is 36.0 Å². The molecule has 1 aromatic carbocycles. The lowest BCUT2D eigenvalue weighted by molar-refractivity contribution is -0.127. The van der Waals surface area contributed by atoms with Crippen molar-refractivity contribution in [2.45, 2.75) is 25.2 Å². The first kappa shape index (κ1) is 18.3. The van der Waals surface area contributed by atoms with E-state index in [1.54, 1.807) is 4.90 Å². The third-order valence-corrected chi connectivity index (χ3v) is 4.52. The van der Waals surface area contributed by atoms with Gasteiger partial charge in [-0.15, -0.1) is 10.2 Å². The van der Waals surface area contributed by atoms with E-state index in [-0.39, 0.29) is 11.7 Å². The van der Waals surface area contributed by atoms with Gasteiger partial charge in [0.1, 0.15) is 6.61 Å². The van der Waals surface area contributed by atoms with E-state index >= 15 is 0 Å². The topological polar surface area (TPSA) is 77.7 Å². The van der Waals surface area contributed by atoms with Crippen molar-refractivity contribution in [2.75, 3.05) is 25.4 Å². The van der Waals surface area contributed by atoms with Crippen LogP contribution in [0.4, 0.5) is 0 Å². The quantitative estimate of drug-likeness (QED) is 0.543. The molecular weight excluding hydrogens is 354 g/mol. The SMILES string of the molecule is C=C(C)CN(CC)C(=O)CSc1nnc([C@H]2COc3ccccc3O2)o1. The van der Waals surface area contributed by atoms with Crippen molar-refractivity contribution in [3.05, 3.63) is 42.3 Å². The summed E-state index contributed by atoms with van der Waals surface area (Å²) in [5.41, 5.74) is 0.944. The Bertz CT molecular complexity index is 792. The third-order valence-electron chi connectivity index (χ3n) is 3.72. The fraction of sp³-hybridized carbons (Fsp3) is 0.389. The first-order valence-electron chi connectivity index (χ1n) is 8.33. The van der Waals surface area contributed by atoms with Crippen molar-refractivity contribution >= 4 is 17.7 Å². The molecule has 0 spiro atoms. The summed E-state index contributed by atoms with van der Waals surface area (Å²) in [5.74, 6) is 1.91. The Kier molecular flexibility index (Phi) is 5.82. The molecule has 1 aliphatic heterocycles. The van der Waals surface area contributed by atoms with E-state index in [9.17, 15) is 4.79 Å². The number of amides is 1. The van der Waals surface area contributed by atoms with Crippen LogP contribution in [0.2, 0.25) is 0 Å². The average Bonchev–Trinajstić information content (AvgIpc) is 3.12. The minimum Gasteiger partial charge on any atom is -0.485 e. The van der Waals surface area contributed by atoms with Gasteiger partial charge >= 0.3 is 0 Å². The highest BCUT2D eigenvalue weighted by molar-refractivity contribution is 7.99. The van der Waals surface area contributed by atoms with Gasteiger partial charge in [0.05, 0.1) is 5.75 Å². The number of hydrogen-bond acceptors (Lipinski definition) is 7. The zero-order valence-corrected chi connectivity index (χ0v) is 15.6. The molecule has 1 aromatic heterocycles. The van der Waals surface area contributed by atoms with Crippen molar-refractivity contribution in [2.24, 2.45) is 0 Å². The highest BCUT2D eigenvalue weighted by Gasteiger charge is 2.27. The van der Waals surface area contributed by atoms with Crippen molar-refractivity contribution in [3.63, 3.8) is 0 Å². The molecular formula is C18H21N3O4S. The summed E-state index contributed by atoms with van der Waals surface area (Å²) < 4.78 is 17.1. The number of ether oxygens (including phenoxy) is 2. The molecule has 0 unspecified atom stereocenters. The second kappa shape index (κ2) is 8.27. The van der Waals surface area contributed by atoms with E-state index in [4.69, 9.17) is 13.9 Å². The first-order valence-corrected chi connectivity index (χ1v) is 9.32. The van der Waals surface area contributed by atoms with Gasteiger partial charge in [-0.05, 0) is 26.0 Å². The van der Waals surface area contributed by atoms with Crippen molar-refractivity contribution in [1.82, 2.24) is 15.1 Å². The number of carbonyl (C=O) groups is 1. The third kappa shape index (κ3) is 4.37. The molecule has 8 heteroatoms. The second-order valence-corrected chi connectivity index (χ2v) is 6.85. The number of aromatic nitrogens is 2. The number of carbonyl (C=O) groups excluding carboxylic acids is 1. The van der Waals surface area contributed by atoms with E-state index in [1.807, 2.05) is 38.1 Å². The van der Waals surface area contributed by atoms with Crippen LogP contribution in [0.1, 0.15) is 25.8 Å². The van der Waals surface area contributed by atoms with Gasteiger partial charge in [0, 0.05) is 13.1 Å². The summed E-state index contributed by atoms with van der Waals surface area (Å²) in [6.07, 6.45) is -0.460. The molecule has 0 saturated carbocycles. The summed E-state index contributed by atoms with van der Waals surface area (Å²) in [6, 6.07) is 7.42. The van der Waals surface area contributed by atoms with Gasteiger partial charge < -0.3 is 18.8 Å². The van der Waals surface area contributed by atoms with Gasteiger partial charge in [0.2, 0.25) is 12.0 Å². The predicted octanol–water partition coefficient (Wildman–Crippen LogP) is 3.10. The lowest BCUT2D eigenvalue weighted by atomic mass is 10.2. The Hall–Kier alpha value is -2.48. The lowest BCUT2D eigenvalue weighted by Gasteiger charge is -2.23. The molecule has 1 atom stereocenters. The maximum Gasteiger partial charge on any atom is 0.277 e. The molecule has 1 amide bonds. The summed E-state index contributed by atoms with van der Waals surface area (Å²) in [5, 5.41) is 8.35. The molecule has 2 aromatic rings. The molecule has 3 rings (SSSR count). The van der Waals surface area contributed by atoms with E-state index < -0.39 is 6.10 Å². The Labute approximate surface area is 156 Å². The van der Waals surface area contributed by atoms with Crippen LogP contribution in [0.3, 0.4) is 0 Å². The van der Waals surface area contributed by atoms with E-state index in [2.05, 4.69) is 16.8 Å². The Morgan fingerprint density at radius 3 is 2.85 bits per heavy atom. The Morgan fingerprint density at radius 2 is 2.12 bits per heavy atom. The Balaban J connectivity index is 1.57. The van der Waals surface area contributed by atoms with Gasteiger partial charge in [-0.2, -0.15) is 0 Å². The van der Waals surface area contributed by atoms with Crippen LogP contribution in [-0.4, -0.2) is 46.5 Å². The molecule has 26 heavy (non-hydrogen) atoms. The second-order valence-electron chi connectivity index (χ2n) is 5.92. The molecule has 138 valence electrons. The number of para-hydroxylation sites is 2. The Morgan fingerprint density at radius 1 is 1.35 bits per heavy atom. The van der Waals surface area contributed by atoms with E-state index in [0.717, 1.165) is 5.57 Å². The van der Waals surface area contributed by atoms with E-state index in [1.165, 1.54) is 11.8 Å². The highest BCUT2D eigenvalue weighted by atomic mass is 32.2.